The third kappa shape index (κ3) is 9.14. The van der Waals surface area contributed by atoms with Crippen molar-refractivity contribution in [3.8, 4) is 0 Å². The molecule has 11 heavy (non-hydrogen) atoms. The van der Waals surface area contributed by atoms with Crippen molar-refractivity contribution in [3.05, 3.63) is 43.2 Å². The van der Waals surface area contributed by atoms with E-state index in [1.54, 1.807) is 12.4 Å². The number of aliphatic hydroxyl groups is 1. The second-order valence-electron chi connectivity index (χ2n) is 1.63. The number of alkyl halides is 1. The number of halogens is 1. The van der Waals surface area contributed by atoms with Gasteiger partial charge in [-0.25, -0.2) is 0 Å². The van der Waals surface area contributed by atoms with E-state index in [1.165, 1.54) is 6.08 Å². The molecule has 1 rings (SSSR count). The van der Waals surface area contributed by atoms with Crippen LogP contribution in [0.3, 0.4) is 0 Å². The third-order valence-corrected chi connectivity index (χ3v) is 0.939. The lowest BCUT2D eigenvalue weighted by Gasteiger charge is -1.81. The lowest BCUT2D eigenvalue weighted by molar-refractivity contribution is 0.303. The molecule has 1 unspecified atom stereocenters. The van der Waals surface area contributed by atoms with E-state index in [1.807, 2.05) is 18.2 Å². The minimum absolute atomic E-state index is 0.880. The predicted octanol–water partition coefficient (Wildman–Crippen LogP) is 1.81. The summed E-state index contributed by atoms with van der Waals surface area (Å²) in [6, 6.07) is 5.72. The molecule has 0 aliphatic rings. The molecule has 3 heteroatoms. The van der Waals surface area contributed by atoms with E-state index in [2.05, 4.69) is 11.6 Å². The van der Waals surface area contributed by atoms with Crippen LogP contribution in [0.15, 0.2) is 43.2 Å². The molecular weight excluding hydrogens is 162 g/mol. The fourth-order valence-corrected chi connectivity index (χ4v) is 0.313. The third-order valence-electron chi connectivity index (χ3n) is 0.761. The predicted molar refractivity (Wildman–Crippen MR) is 46.3 cm³/mol. The molecule has 0 radical (unpaired) electrons. The molecule has 0 bridgehead atoms. The van der Waals surface area contributed by atoms with Crippen LogP contribution >= 0.6 is 11.6 Å². The quantitative estimate of drug-likeness (QED) is 0.517. The molecule has 0 fully saturated rings. The largest absolute Gasteiger partial charge is 0.374 e. The van der Waals surface area contributed by atoms with Crippen LogP contribution in [0.4, 0.5) is 0 Å². The Hall–Kier alpha value is -0.860. The van der Waals surface area contributed by atoms with Crippen LogP contribution in [0.2, 0.25) is 0 Å². The fourth-order valence-electron chi connectivity index (χ4n) is 0.313. The van der Waals surface area contributed by atoms with Gasteiger partial charge >= 0.3 is 0 Å². The molecule has 0 spiro atoms. The first-order valence-corrected chi connectivity index (χ1v) is 3.50. The lowest BCUT2D eigenvalue weighted by Crippen LogP contribution is -1.83. The van der Waals surface area contributed by atoms with E-state index >= 15 is 0 Å². The van der Waals surface area contributed by atoms with Gasteiger partial charge in [-0.1, -0.05) is 24.2 Å². The maximum atomic E-state index is 8.01. The van der Waals surface area contributed by atoms with Gasteiger partial charge in [-0.3, -0.25) is 4.98 Å². The van der Waals surface area contributed by atoms with Gasteiger partial charge in [0.2, 0.25) is 0 Å². The van der Waals surface area contributed by atoms with Gasteiger partial charge in [-0.15, -0.1) is 0 Å². The summed E-state index contributed by atoms with van der Waals surface area (Å²) in [7, 11) is 0. The summed E-state index contributed by atoms with van der Waals surface area (Å²) in [5.41, 5.74) is -0.880. The molecule has 0 aliphatic heterocycles. The van der Waals surface area contributed by atoms with Crippen molar-refractivity contribution in [2.24, 2.45) is 0 Å². The highest BCUT2D eigenvalue weighted by Crippen LogP contribution is 1.85. The highest BCUT2D eigenvalue weighted by Gasteiger charge is 1.78. The van der Waals surface area contributed by atoms with E-state index in [0.29, 0.717) is 0 Å². The minimum Gasteiger partial charge on any atom is -0.374 e. The first-order chi connectivity index (χ1) is 5.27. The van der Waals surface area contributed by atoms with Gasteiger partial charge in [0.1, 0.15) is 5.56 Å². The number of hydrogen-bond acceptors (Lipinski definition) is 2. The summed E-state index contributed by atoms with van der Waals surface area (Å²) in [6.45, 7) is 3.18. The molecule has 0 amide bonds. The van der Waals surface area contributed by atoms with Crippen molar-refractivity contribution in [1.29, 1.82) is 0 Å². The van der Waals surface area contributed by atoms with Gasteiger partial charge in [0.05, 0.1) is 0 Å². The number of rotatable bonds is 1. The van der Waals surface area contributed by atoms with Crippen LogP contribution in [-0.2, 0) is 0 Å². The Labute approximate surface area is 71.2 Å². The second-order valence-corrected chi connectivity index (χ2v) is 2.08. The highest BCUT2D eigenvalue weighted by atomic mass is 35.5. The van der Waals surface area contributed by atoms with Crippen molar-refractivity contribution in [2.45, 2.75) is 5.56 Å². The van der Waals surface area contributed by atoms with Crippen molar-refractivity contribution >= 4 is 11.6 Å². The average Bonchev–Trinajstić information content (AvgIpc) is 2.09. The van der Waals surface area contributed by atoms with Crippen LogP contribution in [0.25, 0.3) is 0 Å². The zero-order chi connectivity index (χ0) is 8.53. The molecule has 2 nitrogen and oxygen atoms in total. The molecule has 0 saturated heterocycles. The van der Waals surface area contributed by atoms with E-state index in [4.69, 9.17) is 16.7 Å². The molecule has 1 atom stereocenters. The van der Waals surface area contributed by atoms with E-state index in [0.717, 1.165) is 0 Å². The summed E-state index contributed by atoms with van der Waals surface area (Å²) < 4.78 is 0. The average molecular weight is 172 g/mol. The van der Waals surface area contributed by atoms with Gasteiger partial charge < -0.3 is 5.11 Å². The van der Waals surface area contributed by atoms with Crippen LogP contribution in [0, 0.1) is 0 Å². The number of aliphatic hydroxyl groups excluding tert-OH is 1. The van der Waals surface area contributed by atoms with Crippen molar-refractivity contribution in [1.82, 2.24) is 4.98 Å². The zero-order valence-corrected chi connectivity index (χ0v) is 6.78. The second kappa shape index (κ2) is 7.25. The molecule has 0 aromatic carbocycles. The van der Waals surface area contributed by atoms with E-state index in [-0.39, 0.29) is 0 Å². The number of nitrogens with zero attached hydrogens (tertiary/aromatic N) is 1. The topological polar surface area (TPSA) is 33.1 Å². The molecule has 1 N–H and O–H groups in total. The Balaban J connectivity index is 0.000000187. The summed E-state index contributed by atoms with van der Waals surface area (Å²) in [5, 5.41) is 8.01. The number of aromatic nitrogens is 1. The number of pyridine rings is 1. The van der Waals surface area contributed by atoms with Gasteiger partial charge in [0.15, 0.2) is 0 Å². The minimum atomic E-state index is -0.880. The summed E-state index contributed by atoms with van der Waals surface area (Å²) >= 11 is 4.90. The standard InChI is InChI=1S/C5H5N.C3H5ClO/c1-2-4-6-5-3-1;1-2-3(4)5/h1-5H;2-3,5H,1H2. The molecule has 60 valence electrons. The fraction of sp³-hybridized carbons (Fsp3) is 0.125. The smallest absolute Gasteiger partial charge is 0.146 e. The molecule has 0 aliphatic carbocycles. The zero-order valence-electron chi connectivity index (χ0n) is 6.02. The highest BCUT2D eigenvalue weighted by molar-refractivity contribution is 6.20. The Morgan fingerprint density at radius 1 is 1.36 bits per heavy atom. The maximum Gasteiger partial charge on any atom is 0.146 e. The summed E-state index contributed by atoms with van der Waals surface area (Å²) in [5.74, 6) is 0. The van der Waals surface area contributed by atoms with Crippen LogP contribution in [0.5, 0.6) is 0 Å². The Kier molecular flexibility index (Phi) is 6.68. The van der Waals surface area contributed by atoms with Gasteiger partial charge in [-0.2, -0.15) is 0 Å². The van der Waals surface area contributed by atoms with Gasteiger partial charge in [-0.05, 0) is 18.2 Å². The van der Waals surface area contributed by atoms with E-state index < -0.39 is 5.56 Å². The van der Waals surface area contributed by atoms with Crippen LogP contribution in [-0.4, -0.2) is 15.7 Å². The SMILES string of the molecule is C=CC(O)Cl.c1ccncc1. The van der Waals surface area contributed by atoms with Crippen molar-refractivity contribution < 1.29 is 5.11 Å². The molecule has 1 aromatic rings. The Morgan fingerprint density at radius 2 is 1.82 bits per heavy atom. The molecule has 0 saturated carbocycles. The van der Waals surface area contributed by atoms with Gasteiger partial charge in [0.25, 0.3) is 0 Å². The summed E-state index contributed by atoms with van der Waals surface area (Å²) in [6.07, 6.45) is 4.74. The molecular formula is C8H10ClNO. The lowest BCUT2D eigenvalue weighted by atomic mass is 10.5. The molecule has 1 heterocycles. The summed E-state index contributed by atoms with van der Waals surface area (Å²) in [4.78, 5) is 3.78. The first-order valence-electron chi connectivity index (χ1n) is 3.07. The van der Waals surface area contributed by atoms with Gasteiger partial charge in [0, 0.05) is 12.4 Å². The van der Waals surface area contributed by atoms with E-state index in [9.17, 15) is 0 Å². The monoisotopic (exact) mass is 171 g/mol. The normalized spacial score (nSPS) is 10.7. The van der Waals surface area contributed by atoms with Crippen LogP contribution < -0.4 is 0 Å². The Morgan fingerprint density at radius 3 is 1.91 bits per heavy atom. The maximum absolute atomic E-state index is 8.01. The van der Waals surface area contributed by atoms with Crippen molar-refractivity contribution in [3.63, 3.8) is 0 Å². The molecule has 1 aromatic heterocycles. The van der Waals surface area contributed by atoms with Crippen molar-refractivity contribution in [2.75, 3.05) is 0 Å². The first kappa shape index (κ1) is 10.1. The van der Waals surface area contributed by atoms with Crippen LogP contribution in [0.1, 0.15) is 0 Å². The Bertz CT molecular complexity index is 150. The number of hydrogen-bond donors (Lipinski definition) is 1.